The first kappa shape index (κ1) is 13.0. The number of likely N-dealkylation sites (tertiary alicyclic amines) is 1. The summed E-state index contributed by atoms with van der Waals surface area (Å²) in [6.07, 6.45) is 4.12. The summed E-state index contributed by atoms with van der Waals surface area (Å²) in [6, 6.07) is 12.3. The second-order valence-electron chi connectivity index (χ2n) is 6.35. The minimum atomic E-state index is -0.0816. The first-order chi connectivity index (χ1) is 10.3. The summed E-state index contributed by atoms with van der Waals surface area (Å²) >= 11 is 0. The van der Waals surface area contributed by atoms with Crippen LogP contribution in [0.2, 0.25) is 0 Å². The van der Waals surface area contributed by atoms with E-state index in [1.807, 2.05) is 29.1 Å². The van der Waals surface area contributed by atoms with Crippen molar-refractivity contribution in [3.63, 3.8) is 0 Å². The maximum absolute atomic E-state index is 9.99. The van der Waals surface area contributed by atoms with Gasteiger partial charge in [-0.1, -0.05) is 18.2 Å². The number of nitrogens with zero attached hydrogens (tertiary/aromatic N) is 3. The summed E-state index contributed by atoms with van der Waals surface area (Å²) < 4.78 is 1.93. The van der Waals surface area contributed by atoms with Crippen molar-refractivity contribution < 1.29 is 5.11 Å². The van der Waals surface area contributed by atoms with Gasteiger partial charge in [0.2, 0.25) is 0 Å². The average Bonchev–Trinajstić information content (AvgIpc) is 3.19. The molecule has 0 amide bonds. The van der Waals surface area contributed by atoms with E-state index in [0.717, 1.165) is 37.4 Å². The molecule has 1 N–H and O–H groups in total. The molecule has 4 nitrogen and oxygen atoms in total. The zero-order chi connectivity index (χ0) is 14.2. The van der Waals surface area contributed by atoms with Crippen molar-refractivity contribution in [2.75, 3.05) is 13.1 Å². The van der Waals surface area contributed by atoms with Crippen molar-refractivity contribution in [2.24, 2.45) is 11.8 Å². The third kappa shape index (κ3) is 2.49. The predicted octanol–water partition coefficient (Wildman–Crippen LogP) is 2.08. The molecule has 4 heteroatoms. The molecule has 0 bridgehead atoms. The summed E-state index contributed by atoms with van der Waals surface area (Å²) in [7, 11) is 0. The monoisotopic (exact) mass is 283 g/mol. The average molecular weight is 283 g/mol. The molecule has 0 radical (unpaired) electrons. The fourth-order valence-electron chi connectivity index (χ4n) is 3.86. The number of rotatable bonds is 3. The molecule has 2 aromatic rings. The van der Waals surface area contributed by atoms with Crippen LogP contribution >= 0.6 is 0 Å². The highest BCUT2D eigenvalue weighted by atomic mass is 16.3. The Kier molecular flexibility index (Phi) is 3.28. The van der Waals surface area contributed by atoms with Crippen LogP contribution in [0.1, 0.15) is 18.5 Å². The van der Waals surface area contributed by atoms with Gasteiger partial charge in [0.25, 0.3) is 0 Å². The van der Waals surface area contributed by atoms with Crippen LogP contribution in [0.25, 0.3) is 5.69 Å². The lowest BCUT2D eigenvalue weighted by molar-refractivity contribution is 0.123. The van der Waals surface area contributed by atoms with E-state index >= 15 is 0 Å². The van der Waals surface area contributed by atoms with Crippen molar-refractivity contribution in [1.29, 1.82) is 0 Å². The van der Waals surface area contributed by atoms with E-state index in [0.29, 0.717) is 11.8 Å². The standard InChI is InChI=1S/C17H21N3O/c21-17-7-6-13-10-19(12-16(13)17)11-14-8-9-20(18-14)15-4-2-1-3-5-15/h1-5,8-9,13,16-17,21H,6-7,10-12H2. The molecule has 1 aromatic heterocycles. The maximum Gasteiger partial charge on any atom is 0.0769 e. The highest BCUT2D eigenvalue weighted by Crippen LogP contribution is 2.38. The third-order valence-electron chi connectivity index (χ3n) is 4.95. The van der Waals surface area contributed by atoms with E-state index in [4.69, 9.17) is 0 Å². The highest BCUT2D eigenvalue weighted by Gasteiger charge is 2.41. The lowest BCUT2D eigenvalue weighted by atomic mass is 10.00. The molecule has 2 aliphatic rings. The predicted molar refractivity (Wildman–Crippen MR) is 81.1 cm³/mol. The van der Waals surface area contributed by atoms with Crippen molar-refractivity contribution in [3.05, 3.63) is 48.3 Å². The van der Waals surface area contributed by atoms with Crippen molar-refractivity contribution in [3.8, 4) is 5.69 Å². The summed E-state index contributed by atoms with van der Waals surface area (Å²) in [6.45, 7) is 3.02. The van der Waals surface area contributed by atoms with Gasteiger partial charge in [0, 0.05) is 31.7 Å². The number of para-hydroxylation sites is 1. The molecule has 2 heterocycles. The summed E-state index contributed by atoms with van der Waals surface area (Å²) in [5.41, 5.74) is 2.20. The van der Waals surface area contributed by atoms with E-state index in [-0.39, 0.29) is 6.10 Å². The SMILES string of the molecule is OC1CCC2CN(Cc3ccn(-c4ccccc4)n3)CC12. The Morgan fingerprint density at radius 3 is 2.76 bits per heavy atom. The molecule has 1 saturated carbocycles. The van der Waals surface area contributed by atoms with Gasteiger partial charge >= 0.3 is 0 Å². The third-order valence-corrected chi connectivity index (χ3v) is 4.95. The molecule has 0 spiro atoms. The second-order valence-corrected chi connectivity index (χ2v) is 6.35. The molecule has 1 saturated heterocycles. The zero-order valence-electron chi connectivity index (χ0n) is 12.1. The zero-order valence-corrected chi connectivity index (χ0v) is 12.1. The topological polar surface area (TPSA) is 41.3 Å². The van der Waals surface area contributed by atoms with Crippen molar-refractivity contribution in [1.82, 2.24) is 14.7 Å². The van der Waals surface area contributed by atoms with Crippen LogP contribution in [0.3, 0.4) is 0 Å². The molecular weight excluding hydrogens is 262 g/mol. The van der Waals surface area contributed by atoms with E-state index in [2.05, 4.69) is 28.2 Å². The van der Waals surface area contributed by atoms with Crippen LogP contribution in [0, 0.1) is 11.8 Å². The Balaban J connectivity index is 1.44. The van der Waals surface area contributed by atoms with Gasteiger partial charge in [-0.15, -0.1) is 0 Å². The van der Waals surface area contributed by atoms with Crippen LogP contribution in [0.15, 0.2) is 42.6 Å². The van der Waals surface area contributed by atoms with Crippen LogP contribution in [0.5, 0.6) is 0 Å². The summed E-state index contributed by atoms with van der Waals surface area (Å²) in [5.74, 6) is 1.18. The van der Waals surface area contributed by atoms with Crippen LogP contribution in [0.4, 0.5) is 0 Å². The quantitative estimate of drug-likeness (QED) is 0.937. The first-order valence-electron chi connectivity index (χ1n) is 7.80. The molecule has 1 aromatic carbocycles. The Labute approximate surface area is 125 Å². The fraction of sp³-hybridized carbons (Fsp3) is 0.471. The molecule has 3 unspecified atom stereocenters. The lowest BCUT2D eigenvalue weighted by Gasteiger charge is -2.16. The van der Waals surface area contributed by atoms with E-state index in [1.165, 1.54) is 6.42 Å². The molecule has 2 fully saturated rings. The molecular formula is C17H21N3O. The minimum absolute atomic E-state index is 0.0816. The maximum atomic E-state index is 9.99. The normalized spacial score (nSPS) is 28.9. The van der Waals surface area contributed by atoms with E-state index < -0.39 is 0 Å². The highest BCUT2D eigenvalue weighted by molar-refractivity contribution is 5.30. The lowest BCUT2D eigenvalue weighted by Crippen LogP contribution is -2.24. The van der Waals surface area contributed by atoms with Crippen molar-refractivity contribution in [2.45, 2.75) is 25.5 Å². The molecule has 4 rings (SSSR count). The smallest absolute Gasteiger partial charge is 0.0769 e. The van der Waals surface area contributed by atoms with Crippen molar-refractivity contribution >= 4 is 0 Å². The van der Waals surface area contributed by atoms with Crippen LogP contribution in [-0.4, -0.2) is 39.0 Å². The van der Waals surface area contributed by atoms with E-state index in [9.17, 15) is 5.11 Å². The van der Waals surface area contributed by atoms with E-state index in [1.54, 1.807) is 0 Å². The number of aliphatic hydroxyl groups is 1. The molecule has 1 aliphatic carbocycles. The first-order valence-corrected chi connectivity index (χ1v) is 7.80. The van der Waals surface area contributed by atoms with Gasteiger partial charge in [-0.25, -0.2) is 4.68 Å². The Morgan fingerprint density at radius 2 is 1.95 bits per heavy atom. The Morgan fingerprint density at radius 1 is 1.10 bits per heavy atom. The van der Waals surface area contributed by atoms with Crippen LogP contribution < -0.4 is 0 Å². The van der Waals surface area contributed by atoms with Gasteiger partial charge < -0.3 is 5.11 Å². The number of benzene rings is 1. The number of fused-ring (bicyclic) bond motifs is 1. The Bertz CT molecular complexity index is 610. The number of aromatic nitrogens is 2. The van der Waals surface area contributed by atoms with Gasteiger partial charge in [0.05, 0.1) is 17.5 Å². The summed E-state index contributed by atoms with van der Waals surface area (Å²) in [4.78, 5) is 2.44. The Hall–Kier alpha value is -1.65. The summed E-state index contributed by atoms with van der Waals surface area (Å²) in [5, 5.41) is 14.7. The minimum Gasteiger partial charge on any atom is -0.393 e. The fourth-order valence-corrected chi connectivity index (χ4v) is 3.86. The van der Waals surface area contributed by atoms with Gasteiger partial charge in [-0.3, -0.25) is 4.90 Å². The van der Waals surface area contributed by atoms with Gasteiger partial charge in [0.1, 0.15) is 0 Å². The molecule has 1 aliphatic heterocycles. The molecule has 21 heavy (non-hydrogen) atoms. The number of hydrogen-bond acceptors (Lipinski definition) is 3. The largest absolute Gasteiger partial charge is 0.393 e. The second kappa shape index (κ2) is 5.28. The molecule has 3 atom stereocenters. The molecule has 110 valence electrons. The number of aliphatic hydroxyl groups excluding tert-OH is 1. The number of hydrogen-bond donors (Lipinski definition) is 1. The van der Waals surface area contributed by atoms with Gasteiger partial charge in [0.15, 0.2) is 0 Å². The van der Waals surface area contributed by atoms with Gasteiger partial charge in [-0.05, 0) is 37.0 Å². The van der Waals surface area contributed by atoms with Gasteiger partial charge in [-0.2, -0.15) is 5.10 Å². The van der Waals surface area contributed by atoms with Crippen LogP contribution in [-0.2, 0) is 6.54 Å².